The highest BCUT2D eigenvalue weighted by molar-refractivity contribution is 5.24. The van der Waals surface area contributed by atoms with Crippen LogP contribution in [0, 0.1) is 6.92 Å². The predicted octanol–water partition coefficient (Wildman–Crippen LogP) is 3.17. The molecular formula is C16H25N3O. The van der Waals surface area contributed by atoms with E-state index in [1.165, 1.54) is 11.3 Å². The van der Waals surface area contributed by atoms with Crippen molar-refractivity contribution in [1.29, 1.82) is 0 Å². The maximum atomic E-state index is 5.59. The standard InChI is InChI=1S/C16H25N3O/c1-5-8-17-15(14-7-9-20-16(14)6-2)11-13-10-12(3)18-19(13)4/h7,9-10,15,17H,5-6,8,11H2,1-4H3. The Kier molecular flexibility index (Phi) is 5.01. The molecule has 2 aromatic rings. The summed E-state index contributed by atoms with van der Waals surface area (Å²) in [5.74, 6) is 1.08. The molecule has 0 saturated heterocycles. The van der Waals surface area contributed by atoms with Crippen molar-refractivity contribution in [2.24, 2.45) is 7.05 Å². The van der Waals surface area contributed by atoms with E-state index in [-0.39, 0.29) is 0 Å². The van der Waals surface area contributed by atoms with Crippen molar-refractivity contribution in [3.8, 4) is 0 Å². The number of hydrogen-bond donors (Lipinski definition) is 1. The van der Waals surface area contributed by atoms with Crippen LogP contribution >= 0.6 is 0 Å². The zero-order valence-electron chi connectivity index (χ0n) is 12.9. The lowest BCUT2D eigenvalue weighted by molar-refractivity contribution is 0.475. The van der Waals surface area contributed by atoms with Crippen molar-refractivity contribution in [1.82, 2.24) is 15.1 Å². The first-order valence-corrected chi connectivity index (χ1v) is 7.44. The van der Waals surface area contributed by atoms with Crippen LogP contribution in [0.1, 0.15) is 49.0 Å². The van der Waals surface area contributed by atoms with E-state index in [1.807, 2.05) is 18.7 Å². The van der Waals surface area contributed by atoms with Gasteiger partial charge in [0.25, 0.3) is 0 Å². The fourth-order valence-electron chi connectivity index (χ4n) is 2.62. The van der Waals surface area contributed by atoms with Crippen molar-refractivity contribution in [3.05, 3.63) is 41.1 Å². The molecular weight excluding hydrogens is 250 g/mol. The van der Waals surface area contributed by atoms with Gasteiger partial charge in [0.05, 0.1) is 12.0 Å². The molecule has 1 N–H and O–H groups in total. The number of aromatic nitrogens is 2. The molecule has 2 heterocycles. The van der Waals surface area contributed by atoms with Crippen LogP contribution < -0.4 is 5.32 Å². The average Bonchev–Trinajstić information content (AvgIpc) is 3.01. The number of nitrogens with one attached hydrogen (secondary N) is 1. The molecule has 2 aromatic heterocycles. The quantitative estimate of drug-likeness (QED) is 0.844. The van der Waals surface area contributed by atoms with Gasteiger partial charge in [0, 0.05) is 37.2 Å². The minimum Gasteiger partial charge on any atom is -0.469 e. The third-order valence-corrected chi connectivity index (χ3v) is 3.63. The minimum absolute atomic E-state index is 0.290. The normalized spacial score (nSPS) is 12.8. The lowest BCUT2D eigenvalue weighted by Gasteiger charge is -2.18. The van der Waals surface area contributed by atoms with E-state index in [0.717, 1.165) is 37.3 Å². The van der Waals surface area contributed by atoms with Gasteiger partial charge in [-0.25, -0.2) is 0 Å². The highest BCUT2D eigenvalue weighted by atomic mass is 16.3. The van der Waals surface area contributed by atoms with Gasteiger partial charge in [-0.05, 0) is 32.0 Å². The van der Waals surface area contributed by atoms with Crippen molar-refractivity contribution in [2.75, 3.05) is 6.54 Å². The van der Waals surface area contributed by atoms with Crippen LogP contribution in [0.3, 0.4) is 0 Å². The summed E-state index contributed by atoms with van der Waals surface area (Å²) in [5, 5.41) is 8.06. The molecule has 0 spiro atoms. The van der Waals surface area contributed by atoms with Gasteiger partial charge in [-0.1, -0.05) is 13.8 Å². The number of nitrogens with zero attached hydrogens (tertiary/aromatic N) is 2. The molecule has 0 radical (unpaired) electrons. The van der Waals surface area contributed by atoms with Crippen molar-refractivity contribution in [3.63, 3.8) is 0 Å². The molecule has 0 amide bonds. The highest BCUT2D eigenvalue weighted by Crippen LogP contribution is 2.24. The number of hydrogen-bond acceptors (Lipinski definition) is 3. The van der Waals surface area contributed by atoms with Crippen molar-refractivity contribution < 1.29 is 4.42 Å². The lowest BCUT2D eigenvalue weighted by atomic mass is 10.0. The van der Waals surface area contributed by atoms with E-state index in [4.69, 9.17) is 4.42 Å². The molecule has 4 nitrogen and oxygen atoms in total. The van der Waals surface area contributed by atoms with Gasteiger partial charge in [-0.15, -0.1) is 0 Å². The molecule has 0 saturated carbocycles. The van der Waals surface area contributed by atoms with Gasteiger partial charge in [-0.3, -0.25) is 4.68 Å². The second-order valence-corrected chi connectivity index (χ2v) is 5.26. The summed E-state index contributed by atoms with van der Waals surface area (Å²) in [6.07, 6.45) is 4.78. The third-order valence-electron chi connectivity index (χ3n) is 3.63. The monoisotopic (exact) mass is 275 g/mol. The number of rotatable bonds is 7. The van der Waals surface area contributed by atoms with Crippen molar-refractivity contribution >= 4 is 0 Å². The molecule has 0 aliphatic rings. The highest BCUT2D eigenvalue weighted by Gasteiger charge is 2.18. The summed E-state index contributed by atoms with van der Waals surface area (Å²) in [6, 6.07) is 4.54. The molecule has 0 bridgehead atoms. The molecule has 0 aliphatic carbocycles. The second kappa shape index (κ2) is 6.75. The van der Waals surface area contributed by atoms with E-state index in [0.29, 0.717) is 6.04 Å². The van der Waals surface area contributed by atoms with E-state index >= 15 is 0 Å². The van der Waals surface area contributed by atoms with Gasteiger partial charge < -0.3 is 9.73 Å². The Hall–Kier alpha value is -1.55. The first kappa shape index (κ1) is 14.9. The zero-order valence-corrected chi connectivity index (χ0v) is 12.9. The lowest BCUT2D eigenvalue weighted by Crippen LogP contribution is -2.25. The van der Waals surface area contributed by atoms with Gasteiger partial charge in [0.1, 0.15) is 5.76 Å². The summed E-state index contributed by atoms with van der Waals surface area (Å²) in [4.78, 5) is 0. The molecule has 1 atom stereocenters. The van der Waals surface area contributed by atoms with Crippen LogP contribution in [0.5, 0.6) is 0 Å². The number of aryl methyl sites for hydroxylation is 3. The van der Waals surface area contributed by atoms with Gasteiger partial charge in [0.15, 0.2) is 0 Å². The fourth-order valence-corrected chi connectivity index (χ4v) is 2.62. The van der Waals surface area contributed by atoms with E-state index in [1.54, 1.807) is 6.26 Å². The van der Waals surface area contributed by atoms with Crippen LogP contribution in [0.2, 0.25) is 0 Å². The summed E-state index contributed by atoms with van der Waals surface area (Å²) in [6.45, 7) is 7.37. The minimum atomic E-state index is 0.290. The van der Waals surface area contributed by atoms with Crippen LogP contribution in [0.15, 0.2) is 22.8 Å². The molecule has 0 aliphatic heterocycles. The molecule has 20 heavy (non-hydrogen) atoms. The summed E-state index contributed by atoms with van der Waals surface area (Å²) in [5.41, 5.74) is 3.60. The maximum absolute atomic E-state index is 5.59. The first-order chi connectivity index (χ1) is 9.65. The Morgan fingerprint density at radius 3 is 2.80 bits per heavy atom. The predicted molar refractivity (Wildman–Crippen MR) is 80.8 cm³/mol. The van der Waals surface area contributed by atoms with E-state index in [2.05, 4.69) is 36.4 Å². The van der Waals surface area contributed by atoms with Crippen LogP contribution in [0.4, 0.5) is 0 Å². The average molecular weight is 275 g/mol. The van der Waals surface area contributed by atoms with Gasteiger partial charge in [0.2, 0.25) is 0 Å². The fraction of sp³-hybridized carbons (Fsp3) is 0.562. The Balaban J connectivity index is 2.21. The summed E-state index contributed by atoms with van der Waals surface area (Å²) >= 11 is 0. The van der Waals surface area contributed by atoms with Gasteiger partial charge in [-0.2, -0.15) is 5.10 Å². The maximum Gasteiger partial charge on any atom is 0.108 e. The SMILES string of the molecule is CCCNC(Cc1cc(C)nn1C)c1ccoc1CC. The molecule has 0 aromatic carbocycles. The topological polar surface area (TPSA) is 43.0 Å². The molecule has 0 fully saturated rings. The van der Waals surface area contributed by atoms with Crippen LogP contribution in [-0.4, -0.2) is 16.3 Å². The van der Waals surface area contributed by atoms with Crippen LogP contribution in [0.25, 0.3) is 0 Å². The first-order valence-electron chi connectivity index (χ1n) is 7.44. The summed E-state index contributed by atoms with van der Waals surface area (Å²) in [7, 11) is 2.01. The number of furan rings is 1. The van der Waals surface area contributed by atoms with Gasteiger partial charge >= 0.3 is 0 Å². The second-order valence-electron chi connectivity index (χ2n) is 5.26. The van der Waals surface area contributed by atoms with E-state index in [9.17, 15) is 0 Å². The Labute approximate surface area is 121 Å². The molecule has 1 unspecified atom stereocenters. The smallest absolute Gasteiger partial charge is 0.108 e. The van der Waals surface area contributed by atoms with Crippen molar-refractivity contribution in [2.45, 2.75) is 46.1 Å². The largest absolute Gasteiger partial charge is 0.469 e. The van der Waals surface area contributed by atoms with E-state index < -0.39 is 0 Å². The van der Waals surface area contributed by atoms with Crippen LogP contribution in [-0.2, 0) is 19.9 Å². The zero-order chi connectivity index (χ0) is 14.5. The Bertz CT molecular complexity index is 542. The molecule has 2 rings (SSSR count). The molecule has 110 valence electrons. The Morgan fingerprint density at radius 1 is 1.40 bits per heavy atom. The Morgan fingerprint density at radius 2 is 2.20 bits per heavy atom. The third kappa shape index (κ3) is 3.31. The summed E-state index contributed by atoms with van der Waals surface area (Å²) < 4.78 is 7.56. The molecule has 4 heteroatoms.